The fraction of sp³-hybridized carbons (Fsp3) is 0.378. The maximum Gasteiger partial charge on any atom is 0.169 e. The summed E-state index contributed by atoms with van der Waals surface area (Å²) in [5.74, 6) is 1.49. The van der Waals surface area contributed by atoms with Gasteiger partial charge in [0.05, 0.1) is 0 Å². The summed E-state index contributed by atoms with van der Waals surface area (Å²) >= 11 is 0. The molecule has 2 bridgehead atoms. The van der Waals surface area contributed by atoms with Gasteiger partial charge in [-0.05, 0) is 64.4 Å². The van der Waals surface area contributed by atoms with Crippen molar-refractivity contribution >= 4 is 35.0 Å². The van der Waals surface area contributed by atoms with Gasteiger partial charge < -0.3 is 0 Å². The van der Waals surface area contributed by atoms with Crippen LogP contribution in [0.3, 0.4) is 0 Å². The molecule has 39 heavy (non-hydrogen) atoms. The SMILES string of the molecule is CC(C)[C@@]1(C[Si](c2ccccc2)(c2ccccc2)C(C)(C)C)CC2CC1(C(=O)c1ccc3ccccc3c1)C2. The number of hydrogen-bond donors (Lipinski definition) is 0. The van der Waals surface area contributed by atoms with E-state index in [-0.39, 0.29) is 15.9 Å². The molecular formula is C37H42OSi. The van der Waals surface area contributed by atoms with Crippen LogP contribution < -0.4 is 10.4 Å². The Morgan fingerprint density at radius 1 is 0.769 bits per heavy atom. The Bertz CT molecular complexity index is 1450. The van der Waals surface area contributed by atoms with E-state index in [2.05, 4.69) is 138 Å². The van der Waals surface area contributed by atoms with Crippen molar-refractivity contribution in [1.82, 2.24) is 0 Å². The average molecular weight is 531 g/mol. The van der Waals surface area contributed by atoms with Gasteiger partial charge in [-0.15, -0.1) is 0 Å². The summed E-state index contributed by atoms with van der Waals surface area (Å²) in [4.78, 5) is 14.8. The van der Waals surface area contributed by atoms with Crippen molar-refractivity contribution < 1.29 is 4.79 Å². The Morgan fingerprint density at radius 3 is 1.85 bits per heavy atom. The largest absolute Gasteiger partial charge is 0.294 e. The molecular weight excluding hydrogens is 488 g/mol. The van der Waals surface area contributed by atoms with E-state index in [9.17, 15) is 4.79 Å². The number of carbonyl (C=O) groups is 1. The quantitative estimate of drug-likeness (QED) is 0.173. The van der Waals surface area contributed by atoms with E-state index in [1.54, 1.807) is 0 Å². The molecule has 3 saturated carbocycles. The molecule has 3 aliphatic rings. The fourth-order valence-electron chi connectivity index (χ4n) is 8.86. The number of hydrogen-bond acceptors (Lipinski definition) is 1. The van der Waals surface area contributed by atoms with Crippen LogP contribution in [0, 0.1) is 22.7 Å². The average Bonchev–Trinajstić information content (AvgIpc) is 3.43. The van der Waals surface area contributed by atoms with E-state index in [4.69, 9.17) is 0 Å². The van der Waals surface area contributed by atoms with Crippen LogP contribution in [0.5, 0.6) is 0 Å². The molecule has 0 amide bonds. The van der Waals surface area contributed by atoms with Gasteiger partial charge in [-0.1, -0.05) is 142 Å². The van der Waals surface area contributed by atoms with Crippen molar-refractivity contribution in [2.75, 3.05) is 0 Å². The van der Waals surface area contributed by atoms with Crippen LogP contribution in [-0.2, 0) is 0 Å². The van der Waals surface area contributed by atoms with Gasteiger partial charge >= 0.3 is 0 Å². The van der Waals surface area contributed by atoms with E-state index < -0.39 is 8.07 Å². The van der Waals surface area contributed by atoms with Gasteiger partial charge in [0.25, 0.3) is 0 Å². The van der Waals surface area contributed by atoms with Crippen LogP contribution in [0.15, 0.2) is 103 Å². The first-order valence-electron chi connectivity index (χ1n) is 14.8. The van der Waals surface area contributed by atoms with Crippen LogP contribution in [0.1, 0.15) is 64.2 Å². The number of fused-ring (bicyclic) bond motifs is 2. The first-order valence-corrected chi connectivity index (χ1v) is 17.0. The molecule has 3 fully saturated rings. The van der Waals surface area contributed by atoms with Crippen molar-refractivity contribution in [3.63, 3.8) is 0 Å². The van der Waals surface area contributed by atoms with Crippen molar-refractivity contribution in [1.29, 1.82) is 0 Å². The summed E-state index contributed by atoms with van der Waals surface area (Å²) in [6.07, 6.45) is 3.28. The van der Waals surface area contributed by atoms with Gasteiger partial charge in [-0.25, -0.2) is 0 Å². The zero-order valence-corrected chi connectivity index (χ0v) is 25.2. The first-order chi connectivity index (χ1) is 18.6. The van der Waals surface area contributed by atoms with Gasteiger partial charge in [-0.3, -0.25) is 4.79 Å². The highest BCUT2D eigenvalue weighted by atomic mass is 28.3. The Hall–Kier alpha value is -2.97. The smallest absolute Gasteiger partial charge is 0.169 e. The number of rotatable bonds is 7. The molecule has 0 N–H and O–H groups in total. The topological polar surface area (TPSA) is 17.1 Å². The zero-order valence-electron chi connectivity index (χ0n) is 24.2. The highest BCUT2D eigenvalue weighted by Crippen LogP contribution is 2.75. The van der Waals surface area contributed by atoms with E-state index in [1.807, 2.05) is 0 Å². The third-order valence-electron chi connectivity index (χ3n) is 10.8. The van der Waals surface area contributed by atoms with Crippen molar-refractivity contribution in [3.8, 4) is 0 Å². The molecule has 0 aliphatic heterocycles. The third kappa shape index (κ3) is 3.82. The summed E-state index contributed by atoms with van der Waals surface area (Å²) < 4.78 is 0. The minimum Gasteiger partial charge on any atom is -0.294 e. The summed E-state index contributed by atoms with van der Waals surface area (Å²) in [6, 6.07) is 38.6. The molecule has 0 radical (unpaired) electrons. The fourth-order valence-corrected chi connectivity index (χ4v) is 15.2. The molecule has 0 spiro atoms. The molecule has 0 unspecified atom stereocenters. The maximum atomic E-state index is 14.8. The van der Waals surface area contributed by atoms with E-state index in [1.165, 1.54) is 22.2 Å². The van der Waals surface area contributed by atoms with Gasteiger partial charge in [0.15, 0.2) is 5.78 Å². The Morgan fingerprint density at radius 2 is 1.31 bits per heavy atom. The van der Waals surface area contributed by atoms with Gasteiger partial charge in [0, 0.05) is 11.0 Å². The van der Waals surface area contributed by atoms with Crippen LogP contribution in [0.2, 0.25) is 11.1 Å². The molecule has 200 valence electrons. The molecule has 0 saturated heterocycles. The van der Waals surface area contributed by atoms with Crippen molar-refractivity contribution in [2.24, 2.45) is 22.7 Å². The Labute approximate surface area is 235 Å². The molecule has 2 heteroatoms. The molecule has 1 atom stereocenters. The number of ketones is 1. The van der Waals surface area contributed by atoms with E-state index in [0.717, 1.165) is 29.8 Å². The summed E-state index contributed by atoms with van der Waals surface area (Å²) in [7, 11) is -2.35. The normalized spacial score (nSPS) is 24.6. The minimum absolute atomic E-state index is 0.0222. The molecule has 7 rings (SSSR count). The monoisotopic (exact) mass is 530 g/mol. The third-order valence-corrected chi connectivity index (χ3v) is 17.2. The molecule has 0 heterocycles. The Balaban J connectivity index is 1.54. The molecule has 1 nitrogen and oxygen atoms in total. The maximum absolute atomic E-state index is 14.8. The molecule has 3 aliphatic carbocycles. The lowest BCUT2D eigenvalue weighted by atomic mass is 9.54. The zero-order chi connectivity index (χ0) is 27.5. The summed E-state index contributed by atoms with van der Waals surface area (Å²) in [5.41, 5.74) is 0.606. The second-order valence-electron chi connectivity index (χ2n) is 13.8. The molecule has 4 aromatic carbocycles. The standard InChI is InChI=1S/C37H42OSi/c1-27(2)37(26-39(35(3,4)5,32-16-8-6-9-17-32)33-18-10-7-11-19-33)25-28-23-36(37,24-28)34(38)31-21-20-29-14-12-13-15-30(29)22-31/h6-22,27-28H,23-26H2,1-5H3/t28?,36?,37-/m0/s1. The first kappa shape index (κ1) is 26.3. The molecule has 4 aromatic rings. The highest BCUT2D eigenvalue weighted by molar-refractivity contribution is 7.04. The minimum atomic E-state index is -2.35. The second kappa shape index (κ2) is 9.30. The van der Waals surface area contributed by atoms with Crippen molar-refractivity contribution in [2.45, 2.75) is 65.0 Å². The van der Waals surface area contributed by atoms with Crippen LogP contribution in [-0.4, -0.2) is 13.9 Å². The lowest BCUT2D eigenvalue weighted by Crippen LogP contribution is -2.68. The lowest BCUT2D eigenvalue weighted by Gasteiger charge is -2.56. The van der Waals surface area contributed by atoms with Gasteiger partial charge in [0.2, 0.25) is 0 Å². The van der Waals surface area contributed by atoms with Gasteiger partial charge in [-0.2, -0.15) is 0 Å². The van der Waals surface area contributed by atoms with E-state index >= 15 is 0 Å². The second-order valence-corrected chi connectivity index (χ2v) is 18.6. The predicted molar refractivity (Wildman–Crippen MR) is 168 cm³/mol. The number of benzene rings is 4. The van der Waals surface area contributed by atoms with Crippen LogP contribution in [0.25, 0.3) is 10.8 Å². The molecule has 0 aromatic heterocycles. The van der Waals surface area contributed by atoms with Gasteiger partial charge in [0.1, 0.15) is 8.07 Å². The summed E-state index contributed by atoms with van der Waals surface area (Å²) in [6.45, 7) is 12.2. The van der Waals surface area contributed by atoms with Crippen LogP contribution in [0.4, 0.5) is 0 Å². The Kier molecular flexibility index (Phi) is 6.26. The number of Topliss-reactive ketones (excluding diaryl/α,β-unsaturated/α-hetero) is 1. The number of carbonyl (C=O) groups excluding carboxylic acids is 1. The van der Waals surface area contributed by atoms with E-state index in [0.29, 0.717) is 17.6 Å². The summed E-state index contributed by atoms with van der Waals surface area (Å²) in [5, 5.41) is 5.45. The van der Waals surface area contributed by atoms with Crippen molar-refractivity contribution in [3.05, 3.63) is 109 Å². The lowest BCUT2D eigenvalue weighted by molar-refractivity contribution is 0.0172. The highest BCUT2D eigenvalue weighted by Gasteiger charge is 2.72. The predicted octanol–water partition coefficient (Wildman–Crippen LogP) is 8.53. The van der Waals surface area contributed by atoms with Crippen LogP contribution >= 0.6 is 0 Å².